The molecule has 4 radical (unpaired) electrons. The molecule has 0 aromatic rings. The average molecular weight is 415 g/mol. The van der Waals surface area contributed by atoms with Crippen LogP contribution in [0.1, 0.15) is 6.92 Å². The molecule has 0 aliphatic rings. The summed E-state index contributed by atoms with van der Waals surface area (Å²) in [5.41, 5.74) is 0. The maximum absolute atomic E-state index is 3.25. The first-order chi connectivity index (χ1) is 1.00. The Hall–Kier alpha value is 4.42. The second-order valence-corrected chi connectivity index (χ2v) is 0. The summed E-state index contributed by atoms with van der Waals surface area (Å²) in [6.45, 7) is 5.00. The van der Waals surface area contributed by atoms with E-state index in [-0.39, 0.29) is 146 Å². The Balaban J connectivity index is -0.000000000333. The van der Waals surface area contributed by atoms with Crippen molar-refractivity contribution in [3.8, 4) is 0 Å². The first kappa shape index (κ1) is 55.2. The van der Waals surface area contributed by atoms with Crippen molar-refractivity contribution in [3.05, 3.63) is 21.8 Å². The Morgan fingerprint density at radius 2 is 0.625 bits per heavy atom. The van der Waals surface area contributed by atoms with Gasteiger partial charge in [0.2, 0.25) is 0 Å². The van der Waals surface area contributed by atoms with Crippen LogP contribution in [0.5, 0.6) is 0 Å². The molecule has 0 amide bonds. The monoisotopic (exact) mass is 415 g/mol. The fraction of sp³-hybridized carbons (Fsp3) is 0.250. The molecule has 0 saturated carbocycles. The van der Waals surface area contributed by atoms with E-state index in [1.807, 2.05) is 0 Å². The number of hydrogen-bond donors (Lipinski definition) is 0. The van der Waals surface area contributed by atoms with Crippen molar-refractivity contribution in [1.82, 2.24) is 0 Å². The van der Waals surface area contributed by atoms with Gasteiger partial charge in [-0.05, 0) is 0 Å². The summed E-state index contributed by atoms with van der Waals surface area (Å²) in [7, 11) is 0. The summed E-state index contributed by atoms with van der Waals surface area (Å²) >= 11 is 0. The van der Waals surface area contributed by atoms with Crippen molar-refractivity contribution in [2.45, 2.75) is 6.92 Å². The standard InChI is InChI=1S/C2H5.2CH3.4Y/c1-2;;;;;;/h1H2,2H3;2*1H3;;;;/q3*-1;;;;. The topological polar surface area (TPSA) is 0 Å². The van der Waals surface area contributed by atoms with Gasteiger partial charge in [0.25, 0.3) is 0 Å². The molecule has 0 atom stereocenters. The molecule has 0 nitrogen and oxygen atoms in total. The normalized spacial score (nSPS) is 0.750. The second kappa shape index (κ2) is 63.5. The van der Waals surface area contributed by atoms with Gasteiger partial charge in [-0.2, -0.15) is 6.92 Å². The minimum absolute atomic E-state index is 0. The molecular formula is C4H11Y4-3. The molecular weight excluding hydrogens is 404 g/mol. The van der Waals surface area contributed by atoms with Gasteiger partial charge in [0.05, 0.1) is 0 Å². The van der Waals surface area contributed by atoms with Gasteiger partial charge in [-0.1, -0.05) is 0 Å². The summed E-state index contributed by atoms with van der Waals surface area (Å²) < 4.78 is 0. The van der Waals surface area contributed by atoms with Crippen LogP contribution >= 0.6 is 0 Å². The van der Waals surface area contributed by atoms with Gasteiger partial charge in [0.15, 0.2) is 0 Å². The molecule has 0 N–H and O–H groups in total. The van der Waals surface area contributed by atoms with E-state index >= 15 is 0 Å². The van der Waals surface area contributed by atoms with E-state index in [1.54, 1.807) is 6.92 Å². The van der Waals surface area contributed by atoms with Gasteiger partial charge in [0, 0.05) is 131 Å². The first-order valence-corrected chi connectivity index (χ1v) is 0.707. The van der Waals surface area contributed by atoms with E-state index in [2.05, 4.69) is 6.92 Å². The summed E-state index contributed by atoms with van der Waals surface area (Å²) in [5.74, 6) is 0. The van der Waals surface area contributed by atoms with Crippen molar-refractivity contribution in [2.75, 3.05) is 0 Å². The van der Waals surface area contributed by atoms with Gasteiger partial charge in [0.1, 0.15) is 0 Å². The second-order valence-electron chi connectivity index (χ2n) is 0. The van der Waals surface area contributed by atoms with Crippen LogP contribution < -0.4 is 0 Å². The number of rotatable bonds is 0. The predicted octanol–water partition coefficient (Wildman–Crippen LogP) is 1.73. The Bertz CT molecular complexity index is 8.00. The molecule has 0 bridgehead atoms. The van der Waals surface area contributed by atoms with Crippen LogP contribution in [0.25, 0.3) is 0 Å². The van der Waals surface area contributed by atoms with Crippen LogP contribution in [0, 0.1) is 21.8 Å². The van der Waals surface area contributed by atoms with Gasteiger partial charge in [-0.15, -0.1) is 0 Å². The van der Waals surface area contributed by atoms with Crippen molar-refractivity contribution in [2.24, 2.45) is 0 Å². The summed E-state index contributed by atoms with van der Waals surface area (Å²) in [6.07, 6.45) is 0. The molecule has 0 saturated heterocycles. The van der Waals surface area contributed by atoms with E-state index in [9.17, 15) is 0 Å². The first-order valence-electron chi connectivity index (χ1n) is 0.707. The SMILES string of the molecule is [CH2-]C.[CH3-].[CH3-].[Y].[Y].[Y].[Y]. The van der Waals surface area contributed by atoms with Gasteiger partial charge in [-0.25, -0.2) is 0 Å². The Labute approximate surface area is 155 Å². The van der Waals surface area contributed by atoms with Crippen molar-refractivity contribution >= 4 is 0 Å². The maximum atomic E-state index is 3.25. The van der Waals surface area contributed by atoms with Crippen LogP contribution in [0.15, 0.2) is 0 Å². The molecule has 8 heavy (non-hydrogen) atoms. The van der Waals surface area contributed by atoms with E-state index in [4.69, 9.17) is 0 Å². The average Bonchev–Trinajstić information content (AvgIpc) is 1.00. The molecule has 0 unspecified atom stereocenters. The maximum Gasteiger partial charge on any atom is 0 e. The predicted molar refractivity (Wildman–Crippen MR) is 23.9 cm³/mol. The van der Waals surface area contributed by atoms with Crippen molar-refractivity contribution in [1.29, 1.82) is 0 Å². The molecule has 0 aromatic carbocycles. The van der Waals surface area contributed by atoms with Gasteiger partial charge < -0.3 is 21.8 Å². The third kappa shape index (κ3) is 47.4. The minimum Gasteiger partial charge on any atom is -0.358 e. The quantitative estimate of drug-likeness (QED) is 0.530. The summed E-state index contributed by atoms with van der Waals surface area (Å²) in [6, 6.07) is 0. The van der Waals surface area contributed by atoms with E-state index in [0.29, 0.717) is 0 Å². The van der Waals surface area contributed by atoms with Gasteiger partial charge in [-0.3, -0.25) is 0 Å². The number of hydrogen-bond acceptors (Lipinski definition) is 0. The molecule has 4 heteroatoms. The van der Waals surface area contributed by atoms with Crippen LogP contribution in [0.3, 0.4) is 0 Å². The Morgan fingerprint density at radius 3 is 0.625 bits per heavy atom. The molecule has 0 aliphatic heterocycles. The fourth-order valence-electron chi connectivity index (χ4n) is 0. The zero-order valence-corrected chi connectivity index (χ0v) is 17.4. The zero-order valence-electron chi connectivity index (χ0n) is 6.02. The van der Waals surface area contributed by atoms with E-state index < -0.39 is 0 Å². The molecule has 42 valence electrons. The summed E-state index contributed by atoms with van der Waals surface area (Å²) in [4.78, 5) is 0. The Kier molecular flexibility index (Phi) is 438. The third-order valence-electron chi connectivity index (χ3n) is 0. The van der Waals surface area contributed by atoms with E-state index in [0.717, 1.165) is 0 Å². The van der Waals surface area contributed by atoms with Crippen molar-refractivity contribution < 1.29 is 131 Å². The van der Waals surface area contributed by atoms with Crippen LogP contribution in [-0.2, 0) is 131 Å². The molecule has 0 heterocycles. The van der Waals surface area contributed by atoms with E-state index in [1.165, 1.54) is 0 Å². The van der Waals surface area contributed by atoms with Crippen LogP contribution in [0.4, 0.5) is 0 Å². The molecule has 0 spiro atoms. The largest absolute Gasteiger partial charge is 0.358 e. The fourth-order valence-corrected chi connectivity index (χ4v) is 0. The third-order valence-corrected chi connectivity index (χ3v) is 0. The van der Waals surface area contributed by atoms with Crippen LogP contribution in [-0.4, -0.2) is 0 Å². The minimum atomic E-state index is 0. The molecule has 0 fully saturated rings. The molecule has 0 aromatic heterocycles. The molecule has 0 rings (SSSR count). The Morgan fingerprint density at radius 1 is 0.625 bits per heavy atom. The molecule has 0 aliphatic carbocycles. The van der Waals surface area contributed by atoms with Crippen LogP contribution in [0.2, 0.25) is 0 Å². The zero-order chi connectivity index (χ0) is 2.00. The smallest absolute Gasteiger partial charge is 0 e. The summed E-state index contributed by atoms with van der Waals surface area (Å²) in [5, 5.41) is 0. The van der Waals surface area contributed by atoms with Crippen molar-refractivity contribution in [3.63, 3.8) is 0 Å². The van der Waals surface area contributed by atoms with Gasteiger partial charge >= 0.3 is 0 Å².